The second-order valence-corrected chi connectivity index (χ2v) is 6.51. The molecular formula is C20H16ClN5O. The number of hydrogen-bond donors (Lipinski definition) is 1. The standard InChI is InChI=1S/C20H16ClN5O/c21-16-3-1-14(2-4-16)11-24-20(27)10-17-9-15-12-25-26(19(15)13-23-17)18-5-7-22-8-6-18/h1-9,12-13H,10-11H2,(H,24,27). The third kappa shape index (κ3) is 3.96. The molecule has 0 saturated carbocycles. The van der Waals surface area contributed by atoms with Crippen LogP contribution in [-0.2, 0) is 17.8 Å². The maximum atomic E-state index is 12.2. The Kier molecular flexibility index (Phi) is 4.80. The van der Waals surface area contributed by atoms with Crippen LogP contribution in [0.3, 0.4) is 0 Å². The van der Waals surface area contributed by atoms with Crippen LogP contribution in [0.5, 0.6) is 0 Å². The van der Waals surface area contributed by atoms with E-state index in [1.54, 1.807) is 41.6 Å². The van der Waals surface area contributed by atoms with E-state index in [0.717, 1.165) is 22.2 Å². The van der Waals surface area contributed by atoms with Crippen molar-refractivity contribution in [3.63, 3.8) is 0 Å². The summed E-state index contributed by atoms with van der Waals surface area (Å²) in [6.07, 6.45) is 7.16. The van der Waals surface area contributed by atoms with Gasteiger partial charge in [-0.3, -0.25) is 14.8 Å². The molecule has 6 nitrogen and oxygen atoms in total. The van der Waals surface area contributed by atoms with Crippen molar-refractivity contribution in [1.29, 1.82) is 0 Å². The topological polar surface area (TPSA) is 72.7 Å². The minimum Gasteiger partial charge on any atom is -0.352 e. The molecule has 0 aliphatic rings. The first-order chi connectivity index (χ1) is 13.2. The molecule has 27 heavy (non-hydrogen) atoms. The van der Waals surface area contributed by atoms with E-state index in [2.05, 4.69) is 20.4 Å². The first-order valence-corrected chi connectivity index (χ1v) is 8.81. The Morgan fingerprint density at radius 2 is 1.85 bits per heavy atom. The van der Waals surface area contributed by atoms with Crippen molar-refractivity contribution in [2.75, 3.05) is 0 Å². The summed E-state index contributed by atoms with van der Waals surface area (Å²) in [4.78, 5) is 20.6. The fourth-order valence-corrected chi connectivity index (χ4v) is 2.92. The minimum atomic E-state index is -0.0849. The number of aromatic nitrogens is 4. The van der Waals surface area contributed by atoms with E-state index in [4.69, 9.17) is 11.6 Å². The molecule has 1 N–H and O–H groups in total. The molecular weight excluding hydrogens is 362 g/mol. The van der Waals surface area contributed by atoms with Crippen molar-refractivity contribution in [1.82, 2.24) is 25.1 Å². The number of carbonyl (C=O) groups excluding carboxylic acids is 1. The second-order valence-electron chi connectivity index (χ2n) is 6.08. The van der Waals surface area contributed by atoms with Gasteiger partial charge in [-0.2, -0.15) is 5.10 Å². The zero-order valence-electron chi connectivity index (χ0n) is 14.3. The number of hydrogen-bond acceptors (Lipinski definition) is 4. The molecule has 0 fully saturated rings. The summed E-state index contributed by atoms with van der Waals surface area (Å²) >= 11 is 5.86. The highest BCUT2D eigenvalue weighted by Crippen LogP contribution is 2.18. The number of nitrogens with zero attached hydrogens (tertiary/aromatic N) is 4. The highest BCUT2D eigenvalue weighted by Gasteiger charge is 2.09. The molecule has 3 aromatic heterocycles. The zero-order chi connectivity index (χ0) is 18.6. The SMILES string of the molecule is O=C(Cc1cc2cnn(-c3ccncc3)c2cn1)NCc1ccc(Cl)cc1. The Morgan fingerprint density at radius 3 is 2.63 bits per heavy atom. The second kappa shape index (κ2) is 7.55. The smallest absolute Gasteiger partial charge is 0.226 e. The Morgan fingerprint density at radius 1 is 1.07 bits per heavy atom. The van der Waals surface area contributed by atoms with Crippen LogP contribution in [0.4, 0.5) is 0 Å². The number of nitrogens with one attached hydrogen (secondary N) is 1. The molecule has 134 valence electrons. The number of carbonyl (C=O) groups is 1. The predicted octanol–water partition coefficient (Wildman–Crippen LogP) is 3.33. The van der Waals surface area contributed by atoms with Gasteiger partial charge in [-0.1, -0.05) is 23.7 Å². The Balaban J connectivity index is 1.45. The van der Waals surface area contributed by atoms with Crippen LogP contribution < -0.4 is 5.32 Å². The normalized spacial score (nSPS) is 10.9. The molecule has 0 saturated heterocycles. The van der Waals surface area contributed by atoms with E-state index >= 15 is 0 Å². The van der Waals surface area contributed by atoms with Crippen LogP contribution in [0, 0.1) is 0 Å². The number of fused-ring (bicyclic) bond motifs is 1. The number of amides is 1. The summed E-state index contributed by atoms with van der Waals surface area (Å²) in [5, 5.41) is 8.91. The molecule has 0 aliphatic heterocycles. The van der Waals surface area contributed by atoms with Gasteiger partial charge in [0, 0.05) is 29.3 Å². The number of benzene rings is 1. The first kappa shape index (κ1) is 17.2. The number of halogens is 1. The van der Waals surface area contributed by atoms with E-state index in [1.807, 2.05) is 30.3 Å². The Labute approximate surface area is 160 Å². The van der Waals surface area contributed by atoms with Gasteiger partial charge >= 0.3 is 0 Å². The van der Waals surface area contributed by atoms with Crippen molar-refractivity contribution in [3.8, 4) is 5.69 Å². The van der Waals surface area contributed by atoms with Crippen LogP contribution in [0.2, 0.25) is 5.02 Å². The molecule has 0 atom stereocenters. The van der Waals surface area contributed by atoms with Gasteiger partial charge in [0.25, 0.3) is 0 Å². The molecule has 1 aromatic carbocycles. The van der Waals surface area contributed by atoms with E-state index in [9.17, 15) is 4.79 Å². The van der Waals surface area contributed by atoms with Crippen LogP contribution in [0.25, 0.3) is 16.6 Å². The summed E-state index contributed by atoms with van der Waals surface area (Å²) in [5.74, 6) is -0.0849. The first-order valence-electron chi connectivity index (χ1n) is 8.43. The fourth-order valence-electron chi connectivity index (χ4n) is 2.79. The van der Waals surface area contributed by atoms with Crippen molar-refractivity contribution in [3.05, 3.63) is 83.5 Å². The summed E-state index contributed by atoms with van der Waals surface area (Å²) in [7, 11) is 0. The summed E-state index contributed by atoms with van der Waals surface area (Å²) < 4.78 is 1.80. The van der Waals surface area contributed by atoms with Gasteiger partial charge in [-0.05, 0) is 35.9 Å². The predicted molar refractivity (Wildman–Crippen MR) is 104 cm³/mol. The molecule has 7 heteroatoms. The van der Waals surface area contributed by atoms with Crippen molar-refractivity contribution in [2.24, 2.45) is 0 Å². The van der Waals surface area contributed by atoms with Gasteiger partial charge < -0.3 is 5.32 Å². The van der Waals surface area contributed by atoms with E-state index in [-0.39, 0.29) is 12.3 Å². The lowest BCUT2D eigenvalue weighted by Gasteiger charge is -2.06. The highest BCUT2D eigenvalue weighted by atomic mass is 35.5. The molecule has 0 aliphatic carbocycles. The van der Waals surface area contributed by atoms with Gasteiger partial charge in [0.15, 0.2) is 0 Å². The van der Waals surface area contributed by atoms with Crippen molar-refractivity contribution in [2.45, 2.75) is 13.0 Å². The van der Waals surface area contributed by atoms with Gasteiger partial charge in [-0.25, -0.2) is 4.68 Å². The zero-order valence-corrected chi connectivity index (χ0v) is 15.1. The highest BCUT2D eigenvalue weighted by molar-refractivity contribution is 6.30. The molecule has 0 spiro atoms. The molecule has 3 heterocycles. The van der Waals surface area contributed by atoms with Gasteiger partial charge in [0.2, 0.25) is 5.91 Å². The van der Waals surface area contributed by atoms with Gasteiger partial charge in [0.05, 0.1) is 35.7 Å². The summed E-state index contributed by atoms with van der Waals surface area (Å²) in [6.45, 7) is 0.457. The Bertz CT molecular complexity index is 1080. The molecule has 0 radical (unpaired) electrons. The third-order valence-electron chi connectivity index (χ3n) is 4.16. The van der Waals surface area contributed by atoms with Crippen LogP contribution >= 0.6 is 11.6 Å². The molecule has 4 aromatic rings. The molecule has 0 bridgehead atoms. The van der Waals surface area contributed by atoms with Crippen molar-refractivity contribution < 1.29 is 4.79 Å². The molecule has 0 unspecified atom stereocenters. The monoisotopic (exact) mass is 377 g/mol. The van der Waals surface area contributed by atoms with E-state index in [0.29, 0.717) is 17.3 Å². The average molecular weight is 378 g/mol. The van der Waals surface area contributed by atoms with Crippen LogP contribution in [0.1, 0.15) is 11.3 Å². The number of pyridine rings is 2. The number of rotatable bonds is 5. The quantitative estimate of drug-likeness (QED) is 0.579. The van der Waals surface area contributed by atoms with Gasteiger partial charge in [-0.15, -0.1) is 0 Å². The lowest BCUT2D eigenvalue weighted by atomic mass is 10.2. The van der Waals surface area contributed by atoms with Gasteiger partial charge in [0.1, 0.15) is 0 Å². The van der Waals surface area contributed by atoms with Crippen LogP contribution in [0.15, 0.2) is 67.3 Å². The third-order valence-corrected chi connectivity index (χ3v) is 4.41. The van der Waals surface area contributed by atoms with Crippen LogP contribution in [-0.4, -0.2) is 25.7 Å². The van der Waals surface area contributed by atoms with E-state index < -0.39 is 0 Å². The van der Waals surface area contributed by atoms with Crippen molar-refractivity contribution >= 4 is 28.4 Å². The maximum Gasteiger partial charge on any atom is 0.226 e. The molecule has 4 rings (SSSR count). The lowest BCUT2D eigenvalue weighted by molar-refractivity contribution is -0.120. The summed E-state index contributed by atoms with van der Waals surface area (Å²) in [5.41, 5.74) is 3.49. The lowest BCUT2D eigenvalue weighted by Crippen LogP contribution is -2.24. The molecule has 1 amide bonds. The maximum absolute atomic E-state index is 12.2. The average Bonchev–Trinajstić information content (AvgIpc) is 3.11. The fraction of sp³-hybridized carbons (Fsp3) is 0.100. The minimum absolute atomic E-state index is 0.0849. The Hall–Kier alpha value is -3.25. The van der Waals surface area contributed by atoms with E-state index in [1.165, 1.54) is 0 Å². The largest absolute Gasteiger partial charge is 0.352 e. The summed E-state index contributed by atoms with van der Waals surface area (Å²) in [6, 6.07) is 13.0.